The third kappa shape index (κ3) is 2.65. The summed E-state index contributed by atoms with van der Waals surface area (Å²) in [7, 11) is -3.22. The van der Waals surface area contributed by atoms with Gasteiger partial charge in [-0.2, -0.15) is 0 Å². The van der Waals surface area contributed by atoms with Gasteiger partial charge >= 0.3 is 0 Å². The van der Waals surface area contributed by atoms with Crippen LogP contribution >= 0.6 is 0 Å². The van der Waals surface area contributed by atoms with Crippen molar-refractivity contribution in [1.82, 2.24) is 0 Å². The molecule has 1 aromatic carbocycles. The summed E-state index contributed by atoms with van der Waals surface area (Å²) in [6.07, 6.45) is 1.87. The highest BCUT2D eigenvalue weighted by Crippen LogP contribution is 2.42. The maximum Gasteiger partial charge on any atom is 0.194 e. The Balaban J connectivity index is 1.87. The van der Waals surface area contributed by atoms with E-state index in [-0.39, 0.29) is 24.8 Å². The number of rotatable bonds is 2. The van der Waals surface area contributed by atoms with Crippen LogP contribution < -0.4 is 0 Å². The van der Waals surface area contributed by atoms with Crippen LogP contribution in [-0.2, 0) is 16.3 Å². The van der Waals surface area contributed by atoms with Crippen molar-refractivity contribution in [2.45, 2.75) is 54.6 Å². The first kappa shape index (κ1) is 15.8. The average Bonchev–Trinajstić information content (AvgIpc) is 2.38. The molecule has 22 heavy (non-hydrogen) atoms. The van der Waals surface area contributed by atoms with Crippen LogP contribution in [0.3, 0.4) is 0 Å². The molecule has 2 unspecified atom stereocenters. The minimum absolute atomic E-state index is 0.0620. The van der Waals surface area contributed by atoms with E-state index in [0.717, 1.165) is 18.6 Å². The zero-order valence-electron chi connectivity index (χ0n) is 11.9. The highest BCUT2D eigenvalue weighted by molar-refractivity contribution is 7.92. The molecule has 122 valence electrons. The SMILES string of the molecule is O=S1(=O)C2CCCC1CC(O)(Cc1cc(F)c(F)c(F)c1)C2. The van der Waals surface area contributed by atoms with Crippen LogP contribution in [0.2, 0.25) is 0 Å². The van der Waals surface area contributed by atoms with Gasteiger partial charge in [0.15, 0.2) is 27.3 Å². The van der Waals surface area contributed by atoms with E-state index in [1.54, 1.807) is 0 Å². The largest absolute Gasteiger partial charge is 0.389 e. The Labute approximate surface area is 127 Å². The minimum atomic E-state index is -3.22. The standard InChI is InChI=1S/C15H17F3O3S/c16-12-4-9(5-13(17)14(12)18)6-15(19)7-10-2-1-3-11(8-15)22(10,20)21/h4-5,10-11,19H,1-3,6-8H2. The molecule has 7 heteroatoms. The van der Waals surface area contributed by atoms with Gasteiger partial charge in [-0.3, -0.25) is 0 Å². The summed E-state index contributed by atoms with van der Waals surface area (Å²) in [4.78, 5) is 0. The fourth-order valence-electron chi connectivity index (χ4n) is 3.78. The van der Waals surface area contributed by atoms with Crippen molar-refractivity contribution in [3.05, 3.63) is 35.1 Å². The van der Waals surface area contributed by atoms with Crippen molar-refractivity contribution in [1.29, 1.82) is 0 Å². The molecule has 2 atom stereocenters. The number of sulfone groups is 1. The summed E-state index contributed by atoms with van der Waals surface area (Å²) in [6.45, 7) is 0. The zero-order valence-corrected chi connectivity index (χ0v) is 12.7. The third-order valence-electron chi connectivity index (χ3n) is 4.77. The number of hydrogen-bond donors (Lipinski definition) is 1. The Morgan fingerprint density at radius 2 is 1.59 bits per heavy atom. The Hall–Kier alpha value is -1.08. The van der Waals surface area contributed by atoms with Crippen LogP contribution in [0.1, 0.15) is 37.7 Å². The van der Waals surface area contributed by atoms with Gasteiger partial charge in [0.05, 0.1) is 16.1 Å². The van der Waals surface area contributed by atoms with Crippen molar-refractivity contribution in [3.63, 3.8) is 0 Å². The lowest BCUT2D eigenvalue weighted by Gasteiger charge is -2.44. The lowest BCUT2D eigenvalue weighted by molar-refractivity contribution is 0.00977. The summed E-state index contributed by atoms with van der Waals surface area (Å²) < 4.78 is 64.0. The molecule has 0 aromatic heterocycles. The van der Waals surface area contributed by atoms with E-state index in [9.17, 15) is 26.7 Å². The molecule has 0 amide bonds. The molecule has 0 radical (unpaired) electrons. The van der Waals surface area contributed by atoms with Gasteiger partial charge in [0.2, 0.25) is 0 Å². The molecule has 2 fully saturated rings. The molecular weight excluding hydrogens is 317 g/mol. The van der Waals surface area contributed by atoms with Gasteiger partial charge in [0.1, 0.15) is 0 Å². The van der Waals surface area contributed by atoms with Crippen LogP contribution in [-0.4, -0.2) is 29.6 Å². The number of halogens is 3. The van der Waals surface area contributed by atoms with Crippen LogP contribution in [0.15, 0.2) is 12.1 Å². The van der Waals surface area contributed by atoms with E-state index in [2.05, 4.69) is 0 Å². The number of fused-ring (bicyclic) bond motifs is 2. The van der Waals surface area contributed by atoms with E-state index in [4.69, 9.17) is 0 Å². The second-order valence-electron chi connectivity index (χ2n) is 6.45. The van der Waals surface area contributed by atoms with E-state index in [1.807, 2.05) is 0 Å². The Morgan fingerprint density at radius 1 is 1.09 bits per heavy atom. The lowest BCUT2D eigenvalue weighted by atomic mass is 9.81. The van der Waals surface area contributed by atoms with E-state index in [0.29, 0.717) is 12.8 Å². The fourth-order valence-corrected chi connectivity index (χ4v) is 6.40. The minimum Gasteiger partial charge on any atom is -0.389 e. The van der Waals surface area contributed by atoms with Gasteiger partial charge in [-0.15, -0.1) is 0 Å². The van der Waals surface area contributed by atoms with Crippen molar-refractivity contribution >= 4 is 9.84 Å². The van der Waals surface area contributed by atoms with E-state index in [1.165, 1.54) is 0 Å². The van der Waals surface area contributed by atoms with Gasteiger partial charge in [0.25, 0.3) is 0 Å². The van der Waals surface area contributed by atoms with Crippen molar-refractivity contribution in [2.75, 3.05) is 0 Å². The van der Waals surface area contributed by atoms with Gasteiger partial charge in [-0.25, -0.2) is 21.6 Å². The third-order valence-corrected chi connectivity index (χ3v) is 7.44. The summed E-state index contributed by atoms with van der Waals surface area (Å²) in [5.41, 5.74) is -1.19. The maximum absolute atomic E-state index is 13.3. The van der Waals surface area contributed by atoms with Crippen LogP contribution in [0.5, 0.6) is 0 Å². The van der Waals surface area contributed by atoms with Crippen LogP contribution in [0.4, 0.5) is 13.2 Å². The highest BCUT2D eigenvalue weighted by atomic mass is 32.2. The zero-order chi connectivity index (χ0) is 16.1. The van der Waals surface area contributed by atoms with Crippen LogP contribution in [0, 0.1) is 17.5 Å². The van der Waals surface area contributed by atoms with Crippen molar-refractivity contribution in [3.8, 4) is 0 Å². The molecule has 1 aromatic rings. The molecule has 2 bridgehead atoms. The first-order valence-corrected chi connectivity index (χ1v) is 8.91. The topological polar surface area (TPSA) is 54.4 Å². The molecule has 2 aliphatic heterocycles. The molecule has 2 aliphatic rings. The predicted molar refractivity (Wildman–Crippen MR) is 74.6 cm³/mol. The molecule has 2 saturated heterocycles. The highest BCUT2D eigenvalue weighted by Gasteiger charge is 2.50. The number of benzene rings is 1. The number of hydrogen-bond acceptors (Lipinski definition) is 3. The molecule has 2 heterocycles. The van der Waals surface area contributed by atoms with E-state index < -0.39 is 43.4 Å². The molecule has 0 saturated carbocycles. The fraction of sp³-hybridized carbons (Fsp3) is 0.600. The Morgan fingerprint density at radius 3 is 2.09 bits per heavy atom. The van der Waals surface area contributed by atoms with Gasteiger partial charge < -0.3 is 5.11 Å². The first-order valence-electron chi connectivity index (χ1n) is 7.30. The molecule has 0 spiro atoms. The molecule has 1 N–H and O–H groups in total. The summed E-state index contributed by atoms with van der Waals surface area (Å²) in [6, 6.07) is 1.71. The molecule has 3 rings (SSSR count). The predicted octanol–water partition coefficient (Wildman–Crippen LogP) is 2.51. The normalized spacial score (nSPS) is 33.6. The second kappa shape index (κ2) is 5.23. The Kier molecular flexibility index (Phi) is 3.76. The van der Waals surface area contributed by atoms with Crippen LogP contribution in [0.25, 0.3) is 0 Å². The first-order chi connectivity index (χ1) is 10.2. The Bertz CT molecular complexity index is 659. The van der Waals surface area contributed by atoms with Gasteiger partial charge in [0, 0.05) is 6.42 Å². The second-order valence-corrected chi connectivity index (χ2v) is 8.96. The quantitative estimate of drug-likeness (QED) is 0.846. The number of aliphatic hydroxyl groups is 1. The summed E-state index contributed by atoms with van der Waals surface area (Å²) >= 11 is 0. The smallest absolute Gasteiger partial charge is 0.194 e. The van der Waals surface area contributed by atoms with Gasteiger partial charge in [-0.1, -0.05) is 6.42 Å². The molecule has 3 nitrogen and oxygen atoms in total. The van der Waals surface area contributed by atoms with E-state index >= 15 is 0 Å². The van der Waals surface area contributed by atoms with Crippen molar-refractivity contribution < 1.29 is 26.7 Å². The molecular formula is C15H17F3O3S. The average molecular weight is 334 g/mol. The summed E-state index contributed by atoms with van der Waals surface area (Å²) in [5.74, 6) is -4.15. The maximum atomic E-state index is 13.3. The lowest BCUT2D eigenvalue weighted by Crippen LogP contribution is -2.52. The van der Waals surface area contributed by atoms with Gasteiger partial charge in [-0.05, 0) is 43.4 Å². The molecule has 0 aliphatic carbocycles. The van der Waals surface area contributed by atoms with Crippen molar-refractivity contribution in [2.24, 2.45) is 0 Å². The monoisotopic (exact) mass is 334 g/mol. The summed E-state index contributed by atoms with van der Waals surface area (Å²) in [5, 5.41) is 9.52.